The average molecular weight is 275 g/mol. The molecule has 0 radical (unpaired) electrons. The lowest BCUT2D eigenvalue weighted by Gasteiger charge is -2.27. The van der Waals surface area contributed by atoms with Crippen LogP contribution in [-0.2, 0) is 9.57 Å². The third-order valence-electron chi connectivity index (χ3n) is 2.74. The Morgan fingerprint density at radius 2 is 2.30 bits per heavy atom. The molecule has 0 unspecified atom stereocenters. The third-order valence-corrected chi connectivity index (χ3v) is 2.74. The number of hydrogen-bond donors (Lipinski definition) is 0. The van der Waals surface area contributed by atoms with Crippen LogP contribution in [0.2, 0.25) is 0 Å². The minimum absolute atomic E-state index is 0.265. The largest absolute Gasteiger partial charge is 0.442 e. The fraction of sp³-hybridized carbons (Fsp3) is 0.500. The first-order valence-electron chi connectivity index (χ1n) is 6.38. The Balaban J connectivity index is 2.19. The lowest BCUT2D eigenvalue weighted by molar-refractivity contribution is -0.125. The van der Waals surface area contributed by atoms with Gasteiger partial charge in [0.25, 0.3) is 0 Å². The molecule has 1 aliphatic heterocycles. The SMILES string of the molecule is [C-]#[N+]c1cncc([C@H]2CCON2C(=O)OC(C)(C)C)c1. The summed E-state index contributed by atoms with van der Waals surface area (Å²) in [6.45, 7) is 12.9. The molecule has 106 valence electrons. The van der Waals surface area contributed by atoms with E-state index in [2.05, 4.69) is 9.83 Å². The van der Waals surface area contributed by atoms with Crippen molar-refractivity contribution in [2.45, 2.75) is 38.8 Å². The zero-order valence-electron chi connectivity index (χ0n) is 11.8. The topological polar surface area (TPSA) is 56.0 Å². The second-order valence-corrected chi connectivity index (χ2v) is 5.53. The van der Waals surface area contributed by atoms with E-state index in [9.17, 15) is 4.79 Å². The van der Waals surface area contributed by atoms with E-state index in [1.54, 1.807) is 33.0 Å². The highest BCUT2D eigenvalue weighted by molar-refractivity contribution is 5.68. The van der Waals surface area contributed by atoms with Gasteiger partial charge in [-0.05, 0) is 32.4 Å². The molecule has 1 saturated heterocycles. The fourth-order valence-corrected chi connectivity index (χ4v) is 1.95. The molecule has 2 heterocycles. The number of carbonyl (C=O) groups excluding carboxylic acids is 1. The number of pyridine rings is 1. The van der Waals surface area contributed by atoms with Crippen LogP contribution >= 0.6 is 0 Å². The molecule has 0 spiro atoms. The van der Waals surface area contributed by atoms with Gasteiger partial charge in [-0.1, -0.05) is 0 Å². The first-order valence-corrected chi connectivity index (χ1v) is 6.38. The van der Waals surface area contributed by atoms with Crippen molar-refractivity contribution in [2.24, 2.45) is 0 Å². The van der Waals surface area contributed by atoms with E-state index in [1.165, 1.54) is 11.3 Å². The molecule has 0 N–H and O–H groups in total. The summed E-state index contributed by atoms with van der Waals surface area (Å²) in [4.78, 5) is 24.8. The molecule has 20 heavy (non-hydrogen) atoms. The van der Waals surface area contributed by atoms with E-state index in [0.29, 0.717) is 18.7 Å². The minimum Gasteiger partial charge on any atom is -0.442 e. The van der Waals surface area contributed by atoms with Crippen LogP contribution in [0.3, 0.4) is 0 Å². The van der Waals surface area contributed by atoms with Gasteiger partial charge in [-0.3, -0.25) is 9.82 Å². The van der Waals surface area contributed by atoms with Gasteiger partial charge in [0.05, 0.1) is 19.2 Å². The summed E-state index contributed by atoms with van der Waals surface area (Å²) >= 11 is 0. The fourth-order valence-electron chi connectivity index (χ4n) is 1.95. The first-order chi connectivity index (χ1) is 9.40. The number of hydroxylamine groups is 2. The first kappa shape index (κ1) is 14.3. The van der Waals surface area contributed by atoms with Crippen molar-refractivity contribution in [3.8, 4) is 0 Å². The highest BCUT2D eigenvalue weighted by Crippen LogP contribution is 2.32. The van der Waals surface area contributed by atoms with Gasteiger partial charge in [0.2, 0.25) is 5.69 Å². The Bertz CT molecular complexity index is 545. The van der Waals surface area contributed by atoms with Crippen LogP contribution in [0.1, 0.15) is 38.8 Å². The monoisotopic (exact) mass is 275 g/mol. The number of carbonyl (C=O) groups is 1. The van der Waals surface area contributed by atoms with Gasteiger partial charge in [-0.15, -0.1) is 0 Å². The predicted molar refractivity (Wildman–Crippen MR) is 71.9 cm³/mol. The Hall–Kier alpha value is -2.13. The number of aromatic nitrogens is 1. The van der Waals surface area contributed by atoms with Gasteiger partial charge in [0.1, 0.15) is 5.60 Å². The number of rotatable bonds is 1. The molecule has 2 rings (SSSR count). The molecule has 1 aromatic rings. The summed E-state index contributed by atoms with van der Waals surface area (Å²) < 4.78 is 5.31. The molecular formula is C14H17N3O3. The van der Waals surface area contributed by atoms with E-state index in [1.807, 2.05) is 0 Å². The summed E-state index contributed by atoms with van der Waals surface area (Å²) in [6, 6.07) is 1.45. The van der Waals surface area contributed by atoms with Crippen molar-refractivity contribution in [1.82, 2.24) is 10.0 Å². The molecule has 0 aliphatic carbocycles. The van der Waals surface area contributed by atoms with E-state index in [0.717, 1.165) is 5.56 Å². The van der Waals surface area contributed by atoms with E-state index in [-0.39, 0.29) is 6.04 Å². The number of amides is 1. The molecule has 1 aliphatic rings. The summed E-state index contributed by atoms with van der Waals surface area (Å²) in [5.74, 6) is 0. The maximum atomic E-state index is 12.1. The normalized spacial score (nSPS) is 18.7. The quantitative estimate of drug-likeness (QED) is 0.738. The Labute approximate surface area is 118 Å². The van der Waals surface area contributed by atoms with Crippen molar-refractivity contribution in [3.05, 3.63) is 35.4 Å². The second-order valence-electron chi connectivity index (χ2n) is 5.53. The Kier molecular flexibility index (Phi) is 3.91. The van der Waals surface area contributed by atoms with Gasteiger partial charge in [-0.25, -0.2) is 9.64 Å². The van der Waals surface area contributed by atoms with Crippen molar-refractivity contribution in [1.29, 1.82) is 0 Å². The zero-order valence-corrected chi connectivity index (χ0v) is 11.8. The van der Waals surface area contributed by atoms with Crippen molar-refractivity contribution in [3.63, 3.8) is 0 Å². The maximum Gasteiger partial charge on any atom is 0.435 e. The van der Waals surface area contributed by atoms with Gasteiger partial charge >= 0.3 is 6.09 Å². The molecular weight excluding hydrogens is 258 g/mol. The second kappa shape index (κ2) is 5.47. The highest BCUT2D eigenvalue weighted by Gasteiger charge is 2.35. The van der Waals surface area contributed by atoms with Gasteiger partial charge in [-0.2, -0.15) is 5.06 Å². The maximum absolute atomic E-state index is 12.1. The average Bonchev–Trinajstić information content (AvgIpc) is 2.86. The van der Waals surface area contributed by atoms with Crippen LogP contribution in [0.5, 0.6) is 0 Å². The van der Waals surface area contributed by atoms with E-state index >= 15 is 0 Å². The predicted octanol–water partition coefficient (Wildman–Crippen LogP) is 3.25. The summed E-state index contributed by atoms with van der Waals surface area (Å²) in [5, 5.41) is 1.23. The zero-order chi connectivity index (χ0) is 14.8. The van der Waals surface area contributed by atoms with Crippen LogP contribution in [0.4, 0.5) is 10.5 Å². The van der Waals surface area contributed by atoms with Crippen molar-refractivity contribution in [2.75, 3.05) is 6.61 Å². The molecule has 1 fully saturated rings. The van der Waals surface area contributed by atoms with Crippen LogP contribution in [0, 0.1) is 6.57 Å². The van der Waals surface area contributed by atoms with E-state index < -0.39 is 11.7 Å². The summed E-state index contributed by atoms with van der Waals surface area (Å²) in [6.07, 6.45) is 3.27. The smallest absolute Gasteiger partial charge is 0.435 e. The highest BCUT2D eigenvalue weighted by atomic mass is 16.7. The lowest BCUT2D eigenvalue weighted by atomic mass is 10.1. The minimum atomic E-state index is -0.579. The van der Waals surface area contributed by atoms with Gasteiger partial charge in [0.15, 0.2) is 0 Å². The van der Waals surface area contributed by atoms with Crippen molar-refractivity contribution >= 4 is 11.8 Å². The lowest BCUT2D eigenvalue weighted by Crippen LogP contribution is -2.35. The molecule has 0 bridgehead atoms. The Morgan fingerprint density at radius 1 is 1.55 bits per heavy atom. The number of nitrogens with zero attached hydrogens (tertiary/aromatic N) is 3. The van der Waals surface area contributed by atoms with Crippen LogP contribution in [0.15, 0.2) is 18.5 Å². The summed E-state index contributed by atoms with van der Waals surface area (Å²) in [5.41, 5.74) is 0.643. The van der Waals surface area contributed by atoms with Gasteiger partial charge in [0, 0.05) is 18.8 Å². The molecule has 0 saturated carbocycles. The molecule has 1 atom stereocenters. The van der Waals surface area contributed by atoms with Gasteiger partial charge < -0.3 is 4.74 Å². The molecule has 0 aromatic carbocycles. The molecule has 1 aromatic heterocycles. The van der Waals surface area contributed by atoms with Crippen LogP contribution in [0.25, 0.3) is 4.85 Å². The summed E-state index contributed by atoms with van der Waals surface area (Å²) in [7, 11) is 0. The van der Waals surface area contributed by atoms with Crippen molar-refractivity contribution < 1.29 is 14.4 Å². The number of ether oxygens (including phenoxy) is 1. The molecule has 1 amide bonds. The van der Waals surface area contributed by atoms with E-state index in [4.69, 9.17) is 16.1 Å². The molecule has 6 nitrogen and oxygen atoms in total. The Morgan fingerprint density at radius 3 is 2.95 bits per heavy atom. The number of hydrogen-bond acceptors (Lipinski definition) is 4. The third kappa shape index (κ3) is 3.25. The van der Waals surface area contributed by atoms with Crippen LogP contribution < -0.4 is 0 Å². The molecule has 6 heteroatoms. The van der Waals surface area contributed by atoms with Crippen LogP contribution in [-0.4, -0.2) is 28.3 Å². The standard InChI is InChI=1S/C14H17N3O3/c1-14(2,3)20-13(18)17-12(5-6-19-17)10-7-11(15-4)9-16-8-10/h7-9,12H,5-6H2,1-3H3/t12-/m1/s1.